The molecule has 0 radical (unpaired) electrons. The molecule has 0 aliphatic heterocycles. The molecule has 0 heterocycles. The SMILES string of the molecule is CCNC(=NCCNC(=O)C1CC1)N(C)Cc1cccc(F)c1. The molecule has 6 heteroatoms. The number of rotatable bonds is 7. The molecule has 23 heavy (non-hydrogen) atoms. The van der Waals surface area contributed by atoms with Gasteiger partial charge >= 0.3 is 0 Å². The highest BCUT2D eigenvalue weighted by molar-refractivity contribution is 5.81. The third kappa shape index (κ3) is 5.88. The summed E-state index contributed by atoms with van der Waals surface area (Å²) in [6, 6.07) is 6.55. The molecule has 1 aromatic rings. The summed E-state index contributed by atoms with van der Waals surface area (Å²) in [6.45, 7) is 4.38. The molecule has 1 aliphatic carbocycles. The summed E-state index contributed by atoms with van der Waals surface area (Å²) >= 11 is 0. The van der Waals surface area contributed by atoms with Gasteiger partial charge in [-0.25, -0.2) is 4.39 Å². The molecule has 5 nitrogen and oxygen atoms in total. The van der Waals surface area contributed by atoms with Crippen LogP contribution in [0, 0.1) is 11.7 Å². The van der Waals surface area contributed by atoms with E-state index in [1.54, 1.807) is 6.07 Å². The molecule has 2 rings (SSSR count). The van der Waals surface area contributed by atoms with Gasteiger partial charge in [0.1, 0.15) is 5.82 Å². The number of hydrogen-bond donors (Lipinski definition) is 2. The van der Waals surface area contributed by atoms with E-state index in [9.17, 15) is 9.18 Å². The predicted molar refractivity (Wildman–Crippen MR) is 89.6 cm³/mol. The standard InChI is InChI=1S/C17H25FN4O/c1-3-19-17(21-10-9-20-16(23)14-7-8-14)22(2)12-13-5-4-6-15(18)11-13/h4-6,11,14H,3,7-10,12H2,1-2H3,(H,19,21)(H,20,23). The van der Waals surface area contributed by atoms with Gasteiger partial charge in [-0.1, -0.05) is 12.1 Å². The summed E-state index contributed by atoms with van der Waals surface area (Å²) in [6.07, 6.45) is 2.02. The van der Waals surface area contributed by atoms with Gasteiger partial charge in [-0.05, 0) is 37.5 Å². The van der Waals surface area contributed by atoms with Crippen molar-refractivity contribution in [2.45, 2.75) is 26.3 Å². The minimum atomic E-state index is -0.236. The second kappa shape index (κ2) is 8.50. The number of aliphatic imine (C=N–C) groups is 1. The molecule has 0 bridgehead atoms. The lowest BCUT2D eigenvalue weighted by atomic mass is 10.2. The number of nitrogens with one attached hydrogen (secondary N) is 2. The average molecular weight is 320 g/mol. The molecular formula is C17H25FN4O. The Labute approximate surface area is 137 Å². The predicted octanol–water partition coefficient (Wildman–Crippen LogP) is 1.75. The maximum Gasteiger partial charge on any atom is 0.223 e. The van der Waals surface area contributed by atoms with Crippen molar-refractivity contribution in [1.29, 1.82) is 0 Å². The van der Waals surface area contributed by atoms with Crippen molar-refractivity contribution in [3.05, 3.63) is 35.6 Å². The van der Waals surface area contributed by atoms with Crippen LogP contribution in [0.3, 0.4) is 0 Å². The molecule has 0 saturated heterocycles. The first kappa shape index (κ1) is 17.2. The van der Waals surface area contributed by atoms with Crippen LogP contribution >= 0.6 is 0 Å². The molecule has 0 atom stereocenters. The molecular weight excluding hydrogens is 295 g/mol. The van der Waals surface area contributed by atoms with E-state index < -0.39 is 0 Å². The Balaban J connectivity index is 1.84. The third-order valence-corrected chi connectivity index (χ3v) is 3.63. The van der Waals surface area contributed by atoms with Crippen LogP contribution in [0.4, 0.5) is 4.39 Å². The monoisotopic (exact) mass is 320 g/mol. The fraction of sp³-hybridized carbons (Fsp3) is 0.529. The molecule has 0 spiro atoms. The summed E-state index contributed by atoms with van der Waals surface area (Å²) in [7, 11) is 1.91. The van der Waals surface area contributed by atoms with E-state index in [-0.39, 0.29) is 17.6 Å². The van der Waals surface area contributed by atoms with Crippen molar-refractivity contribution >= 4 is 11.9 Å². The molecule has 1 saturated carbocycles. The van der Waals surface area contributed by atoms with Crippen molar-refractivity contribution in [1.82, 2.24) is 15.5 Å². The number of nitrogens with zero attached hydrogens (tertiary/aromatic N) is 2. The van der Waals surface area contributed by atoms with Crippen LogP contribution in [0.15, 0.2) is 29.3 Å². The molecule has 0 unspecified atom stereocenters. The van der Waals surface area contributed by atoms with Crippen molar-refractivity contribution in [2.75, 3.05) is 26.7 Å². The van der Waals surface area contributed by atoms with Crippen LogP contribution in [0.25, 0.3) is 0 Å². The summed E-state index contributed by atoms with van der Waals surface area (Å²) in [5, 5.41) is 6.11. The summed E-state index contributed by atoms with van der Waals surface area (Å²) in [5.74, 6) is 0.874. The molecule has 1 aromatic carbocycles. The highest BCUT2D eigenvalue weighted by Crippen LogP contribution is 2.28. The van der Waals surface area contributed by atoms with Crippen LogP contribution in [-0.2, 0) is 11.3 Å². The van der Waals surface area contributed by atoms with E-state index in [2.05, 4.69) is 15.6 Å². The number of guanidine groups is 1. The van der Waals surface area contributed by atoms with Gasteiger partial charge in [-0.2, -0.15) is 0 Å². The Hall–Kier alpha value is -2.11. The van der Waals surface area contributed by atoms with Gasteiger partial charge < -0.3 is 15.5 Å². The average Bonchev–Trinajstić information content (AvgIpc) is 3.35. The minimum Gasteiger partial charge on any atom is -0.357 e. The smallest absolute Gasteiger partial charge is 0.223 e. The van der Waals surface area contributed by atoms with Gasteiger partial charge in [-0.3, -0.25) is 9.79 Å². The number of carbonyl (C=O) groups excluding carboxylic acids is 1. The maximum absolute atomic E-state index is 13.3. The summed E-state index contributed by atoms with van der Waals surface area (Å²) < 4.78 is 13.3. The minimum absolute atomic E-state index is 0.137. The van der Waals surface area contributed by atoms with Gasteiger partial charge in [0.05, 0.1) is 6.54 Å². The number of benzene rings is 1. The molecule has 126 valence electrons. The van der Waals surface area contributed by atoms with E-state index >= 15 is 0 Å². The zero-order chi connectivity index (χ0) is 16.7. The van der Waals surface area contributed by atoms with Crippen LogP contribution in [0.5, 0.6) is 0 Å². The van der Waals surface area contributed by atoms with Gasteiger partial charge in [0.15, 0.2) is 5.96 Å². The Morgan fingerprint density at radius 1 is 1.39 bits per heavy atom. The lowest BCUT2D eigenvalue weighted by Gasteiger charge is -2.22. The van der Waals surface area contributed by atoms with Crippen molar-refractivity contribution in [2.24, 2.45) is 10.9 Å². The van der Waals surface area contributed by atoms with E-state index in [0.717, 1.165) is 30.9 Å². The zero-order valence-corrected chi connectivity index (χ0v) is 13.8. The number of carbonyl (C=O) groups is 1. The molecule has 2 N–H and O–H groups in total. The van der Waals surface area contributed by atoms with Gasteiger partial charge in [0, 0.05) is 32.6 Å². The second-order valence-corrected chi connectivity index (χ2v) is 5.79. The molecule has 1 aliphatic rings. The maximum atomic E-state index is 13.3. The van der Waals surface area contributed by atoms with Crippen molar-refractivity contribution in [3.8, 4) is 0 Å². The second-order valence-electron chi connectivity index (χ2n) is 5.79. The largest absolute Gasteiger partial charge is 0.357 e. The third-order valence-electron chi connectivity index (χ3n) is 3.63. The highest BCUT2D eigenvalue weighted by atomic mass is 19.1. The Bertz CT molecular complexity index is 557. The first-order chi connectivity index (χ1) is 11.1. The highest BCUT2D eigenvalue weighted by Gasteiger charge is 2.28. The van der Waals surface area contributed by atoms with Gasteiger partial charge in [0.2, 0.25) is 5.91 Å². The van der Waals surface area contributed by atoms with Crippen LogP contribution in [-0.4, -0.2) is 43.4 Å². The van der Waals surface area contributed by atoms with E-state index in [1.807, 2.05) is 24.9 Å². The van der Waals surface area contributed by atoms with Gasteiger partial charge in [-0.15, -0.1) is 0 Å². The van der Waals surface area contributed by atoms with Crippen LogP contribution < -0.4 is 10.6 Å². The normalized spacial score (nSPS) is 14.5. The van der Waals surface area contributed by atoms with Crippen molar-refractivity contribution in [3.63, 3.8) is 0 Å². The first-order valence-electron chi connectivity index (χ1n) is 8.11. The number of halogens is 1. The molecule has 1 amide bonds. The Morgan fingerprint density at radius 3 is 2.83 bits per heavy atom. The molecule has 0 aromatic heterocycles. The fourth-order valence-electron chi connectivity index (χ4n) is 2.28. The van der Waals surface area contributed by atoms with E-state index in [4.69, 9.17) is 0 Å². The zero-order valence-electron chi connectivity index (χ0n) is 13.8. The first-order valence-corrected chi connectivity index (χ1v) is 8.11. The lowest BCUT2D eigenvalue weighted by molar-refractivity contribution is -0.122. The fourth-order valence-corrected chi connectivity index (χ4v) is 2.28. The topological polar surface area (TPSA) is 56.7 Å². The quantitative estimate of drug-likeness (QED) is 0.457. The Morgan fingerprint density at radius 2 is 2.17 bits per heavy atom. The molecule has 1 fully saturated rings. The number of amides is 1. The van der Waals surface area contributed by atoms with Gasteiger partial charge in [0.25, 0.3) is 0 Å². The summed E-state index contributed by atoms with van der Waals surface area (Å²) in [4.78, 5) is 18.0. The van der Waals surface area contributed by atoms with E-state index in [1.165, 1.54) is 12.1 Å². The number of hydrogen-bond acceptors (Lipinski definition) is 2. The summed E-state index contributed by atoms with van der Waals surface area (Å²) in [5.41, 5.74) is 0.889. The Kier molecular flexibility index (Phi) is 6.38. The van der Waals surface area contributed by atoms with Crippen LogP contribution in [0.1, 0.15) is 25.3 Å². The van der Waals surface area contributed by atoms with E-state index in [0.29, 0.717) is 19.6 Å². The van der Waals surface area contributed by atoms with Crippen molar-refractivity contribution < 1.29 is 9.18 Å². The lowest BCUT2D eigenvalue weighted by Crippen LogP contribution is -2.39. The van der Waals surface area contributed by atoms with Crippen LogP contribution in [0.2, 0.25) is 0 Å².